The first-order valence-corrected chi connectivity index (χ1v) is 8.58. The summed E-state index contributed by atoms with van der Waals surface area (Å²) >= 11 is 0. The number of ether oxygens (including phenoxy) is 1. The molecule has 0 spiro atoms. The van der Waals surface area contributed by atoms with Crippen LogP contribution in [0.4, 0.5) is 5.69 Å². The summed E-state index contributed by atoms with van der Waals surface area (Å²) in [6.07, 6.45) is 1.14. The van der Waals surface area contributed by atoms with Crippen molar-refractivity contribution in [3.63, 3.8) is 0 Å². The lowest BCUT2D eigenvalue weighted by Crippen LogP contribution is -2.26. The van der Waals surface area contributed by atoms with Crippen LogP contribution in [0.25, 0.3) is 0 Å². The minimum atomic E-state index is -0.884. The molecular formula is C20H24N2O3. The summed E-state index contributed by atoms with van der Waals surface area (Å²) in [5.74, 6) is 0.610. The number of methoxy groups -OCH3 is 1. The van der Waals surface area contributed by atoms with Crippen LogP contribution in [0.3, 0.4) is 0 Å². The Labute approximate surface area is 148 Å². The van der Waals surface area contributed by atoms with E-state index in [0.717, 1.165) is 43.1 Å². The second kappa shape index (κ2) is 8.03. The normalized spacial score (nSPS) is 16.8. The van der Waals surface area contributed by atoms with Gasteiger partial charge in [-0.25, -0.2) is 4.79 Å². The summed E-state index contributed by atoms with van der Waals surface area (Å²) in [4.78, 5) is 13.4. The molecule has 1 atom stereocenters. The van der Waals surface area contributed by atoms with E-state index in [0.29, 0.717) is 18.0 Å². The molecule has 2 aromatic rings. The zero-order valence-corrected chi connectivity index (χ0v) is 14.4. The van der Waals surface area contributed by atoms with Gasteiger partial charge in [-0.05, 0) is 42.2 Å². The maximum absolute atomic E-state index is 11.0. The standard InChI is InChI=1S/C20H24N2O3/c1-25-19-8-3-2-7-18(19)22-10-9-16(14-22)13-21-12-15-5-4-6-17(11-15)20(23)24/h2-8,11,16,21H,9-10,12-14H2,1H3,(H,23,24). The molecule has 1 unspecified atom stereocenters. The first-order chi connectivity index (χ1) is 12.2. The quantitative estimate of drug-likeness (QED) is 0.811. The van der Waals surface area contributed by atoms with Crippen molar-refractivity contribution in [1.82, 2.24) is 5.32 Å². The van der Waals surface area contributed by atoms with Gasteiger partial charge in [-0.3, -0.25) is 0 Å². The molecule has 1 aliphatic heterocycles. The van der Waals surface area contributed by atoms with Gasteiger partial charge in [0, 0.05) is 26.2 Å². The number of carbonyl (C=O) groups is 1. The highest BCUT2D eigenvalue weighted by molar-refractivity contribution is 5.87. The predicted molar refractivity (Wildman–Crippen MR) is 98.4 cm³/mol. The summed E-state index contributed by atoms with van der Waals surface area (Å²) < 4.78 is 5.46. The predicted octanol–water partition coefficient (Wildman–Crippen LogP) is 3.01. The SMILES string of the molecule is COc1ccccc1N1CCC(CNCc2cccc(C(=O)O)c2)C1. The fraction of sp³-hybridized carbons (Fsp3) is 0.350. The Morgan fingerprint density at radius 1 is 1.28 bits per heavy atom. The van der Waals surface area contributed by atoms with Gasteiger partial charge in [-0.2, -0.15) is 0 Å². The average Bonchev–Trinajstić information content (AvgIpc) is 3.10. The molecule has 5 heteroatoms. The van der Waals surface area contributed by atoms with Crippen molar-refractivity contribution in [2.24, 2.45) is 5.92 Å². The van der Waals surface area contributed by atoms with Crippen LogP contribution >= 0.6 is 0 Å². The van der Waals surface area contributed by atoms with Gasteiger partial charge in [0.05, 0.1) is 18.4 Å². The van der Waals surface area contributed by atoms with Crippen LogP contribution in [-0.4, -0.2) is 37.8 Å². The number of para-hydroxylation sites is 2. The number of hydrogen-bond donors (Lipinski definition) is 2. The summed E-state index contributed by atoms with van der Waals surface area (Å²) in [5, 5.41) is 12.5. The van der Waals surface area contributed by atoms with Crippen molar-refractivity contribution in [3.8, 4) is 5.75 Å². The Morgan fingerprint density at radius 3 is 2.92 bits per heavy atom. The van der Waals surface area contributed by atoms with Crippen molar-refractivity contribution < 1.29 is 14.6 Å². The van der Waals surface area contributed by atoms with Crippen LogP contribution in [0.15, 0.2) is 48.5 Å². The zero-order chi connectivity index (χ0) is 17.6. The van der Waals surface area contributed by atoms with E-state index < -0.39 is 5.97 Å². The van der Waals surface area contributed by atoms with E-state index in [2.05, 4.69) is 16.3 Å². The monoisotopic (exact) mass is 340 g/mol. The third-order valence-corrected chi connectivity index (χ3v) is 4.65. The lowest BCUT2D eigenvalue weighted by atomic mass is 10.1. The van der Waals surface area contributed by atoms with Crippen LogP contribution in [0.5, 0.6) is 5.75 Å². The van der Waals surface area contributed by atoms with E-state index in [9.17, 15) is 4.79 Å². The minimum absolute atomic E-state index is 0.336. The van der Waals surface area contributed by atoms with Gasteiger partial charge < -0.3 is 20.1 Å². The van der Waals surface area contributed by atoms with Gasteiger partial charge in [0.25, 0.3) is 0 Å². The molecule has 0 amide bonds. The van der Waals surface area contributed by atoms with E-state index >= 15 is 0 Å². The highest BCUT2D eigenvalue weighted by atomic mass is 16.5. The molecule has 2 aromatic carbocycles. The molecule has 3 rings (SSSR count). The molecule has 1 heterocycles. The molecule has 0 aromatic heterocycles. The largest absolute Gasteiger partial charge is 0.495 e. The molecule has 0 radical (unpaired) electrons. The molecule has 5 nitrogen and oxygen atoms in total. The molecule has 0 aliphatic carbocycles. The van der Waals surface area contributed by atoms with Gasteiger partial charge in [-0.15, -0.1) is 0 Å². The zero-order valence-electron chi connectivity index (χ0n) is 14.4. The third kappa shape index (κ3) is 4.31. The van der Waals surface area contributed by atoms with Crippen LogP contribution < -0.4 is 15.0 Å². The minimum Gasteiger partial charge on any atom is -0.495 e. The molecule has 1 fully saturated rings. The van der Waals surface area contributed by atoms with E-state index in [1.54, 1.807) is 25.3 Å². The fourth-order valence-corrected chi connectivity index (χ4v) is 3.34. The van der Waals surface area contributed by atoms with E-state index in [4.69, 9.17) is 9.84 Å². The Bertz CT molecular complexity index is 732. The van der Waals surface area contributed by atoms with Crippen molar-refractivity contribution >= 4 is 11.7 Å². The lowest BCUT2D eigenvalue weighted by molar-refractivity contribution is 0.0696. The van der Waals surface area contributed by atoms with Gasteiger partial charge in [0.1, 0.15) is 5.75 Å². The Hall–Kier alpha value is -2.53. The topological polar surface area (TPSA) is 61.8 Å². The van der Waals surface area contributed by atoms with Crippen LogP contribution in [0.2, 0.25) is 0 Å². The van der Waals surface area contributed by atoms with E-state index in [-0.39, 0.29) is 0 Å². The fourth-order valence-electron chi connectivity index (χ4n) is 3.34. The summed E-state index contributed by atoms with van der Waals surface area (Å²) in [7, 11) is 1.71. The first-order valence-electron chi connectivity index (χ1n) is 8.58. The molecular weight excluding hydrogens is 316 g/mol. The first kappa shape index (κ1) is 17.3. The van der Waals surface area contributed by atoms with E-state index in [1.165, 1.54) is 0 Å². The summed E-state index contributed by atoms with van der Waals surface area (Å²) in [6, 6.07) is 15.2. The molecule has 132 valence electrons. The Morgan fingerprint density at radius 2 is 2.12 bits per heavy atom. The summed E-state index contributed by atoms with van der Waals surface area (Å²) in [6.45, 7) is 3.64. The number of benzene rings is 2. The van der Waals surface area contributed by atoms with Gasteiger partial charge >= 0.3 is 5.97 Å². The maximum Gasteiger partial charge on any atom is 0.335 e. The van der Waals surface area contributed by atoms with Crippen LogP contribution in [0.1, 0.15) is 22.3 Å². The number of nitrogens with one attached hydrogen (secondary N) is 1. The molecule has 0 saturated carbocycles. The second-order valence-electron chi connectivity index (χ2n) is 6.41. The van der Waals surface area contributed by atoms with Crippen LogP contribution in [-0.2, 0) is 6.54 Å². The number of hydrogen-bond acceptors (Lipinski definition) is 4. The number of nitrogens with zero attached hydrogens (tertiary/aromatic N) is 1. The molecule has 25 heavy (non-hydrogen) atoms. The molecule has 1 saturated heterocycles. The van der Waals surface area contributed by atoms with Gasteiger partial charge in [-0.1, -0.05) is 24.3 Å². The van der Waals surface area contributed by atoms with Crippen molar-refractivity contribution in [2.75, 3.05) is 31.6 Å². The molecule has 2 N–H and O–H groups in total. The molecule has 0 bridgehead atoms. The summed E-state index contributed by atoms with van der Waals surface area (Å²) in [5.41, 5.74) is 2.49. The number of aromatic carboxylic acids is 1. The third-order valence-electron chi connectivity index (χ3n) is 4.65. The Balaban J connectivity index is 1.51. The highest BCUT2D eigenvalue weighted by Gasteiger charge is 2.24. The van der Waals surface area contributed by atoms with E-state index in [1.807, 2.05) is 24.3 Å². The number of anilines is 1. The van der Waals surface area contributed by atoms with Gasteiger partial charge in [0.2, 0.25) is 0 Å². The average molecular weight is 340 g/mol. The highest BCUT2D eigenvalue weighted by Crippen LogP contribution is 2.31. The Kier molecular flexibility index (Phi) is 5.56. The molecule has 1 aliphatic rings. The number of carboxylic acid groups (broad SMARTS) is 1. The smallest absolute Gasteiger partial charge is 0.335 e. The second-order valence-corrected chi connectivity index (χ2v) is 6.41. The van der Waals surface area contributed by atoms with Crippen molar-refractivity contribution in [3.05, 3.63) is 59.7 Å². The van der Waals surface area contributed by atoms with Gasteiger partial charge in [0.15, 0.2) is 0 Å². The maximum atomic E-state index is 11.0. The number of rotatable bonds is 7. The van der Waals surface area contributed by atoms with Crippen molar-refractivity contribution in [2.45, 2.75) is 13.0 Å². The lowest BCUT2D eigenvalue weighted by Gasteiger charge is -2.21. The number of carboxylic acids is 1. The van der Waals surface area contributed by atoms with Crippen molar-refractivity contribution in [1.29, 1.82) is 0 Å². The van der Waals surface area contributed by atoms with Crippen LogP contribution in [0, 0.1) is 5.92 Å².